The number of amides is 2. The smallest absolute Gasteiger partial charge is 0.250 e. The summed E-state index contributed by atoms with van der Waals surface area (Å²) < 4.78 is 2.06. The fourth-order valence-electron chi connectivity index (χ4n) is 6.20. The molecule has 8 heteroatoms. The van der Waals surface area contributed by atoms with E-state index in [1.54, 1.807) is 6.92 Å². The molecule has 2 aromatic heterocycles. The zero-order chi connectivity index (χ0) is 25.8. The number of aromatic nitrogens is 3. The van der Waals surface area contributed by atoms with Crippen molar-refractivity contribution in [3.63, 3.8) is 0 Å². The summed E-state index contributed by atoms with van der Waals surface area (Å²) in [6, 6.07) is 8.23. The molecule has 3 fully saturated rings. The third kappa shape index (κ3) is 3.91. The predicted molar refractivity (Wildman–Crippen MR) is 145 cm³/mol. The first-order chi connectivity index (χ1) is 17.8. The second-order valence-corrected chi connectivity index (χ2v) is 10.7. The SMILES string of the molecule is C=C(C)C(=O)Nc1ccc(-c2c(C3=CC[C@@H](C(=O)N4CC5CC4C5)CC3)c3c(N)ncnc3n2C)cc1. The van der Waals surface area contributed by atoms with Gasteiger partial charge in [-0.05, 0) is 68.2 Å². The molecule has 4 aliphatic rings. The van der Waals surface area contributed by atoms with Crippen molar-refractivity contribution < 1.29 is 9.59 Å². The molecule has 2 amide bonds. The Morgan fingerprint density at radius 1 is 1.16 bits per heavy atom. The lowest BCUT2D eigenvalue weighted by atomic mass is 9.83. The molecule has 1 aromatic carbocycles. The molecule has 2 bridgehead atoms. The number of benzene rings is 1. The van der Waals surface area contributed by atoms with Gasteiger partial charge in [0.2, 0.25) is 5.91 Å². The molecule has 37 heavy (non-hydrogen) atoms. The van der Waals surface area contributed by atoms with Gasteiger partial charge in [-0.1, -0.05) is 24.8 Å². The van der Waals surface area contributed by atoms with Crippen molar-refractivity contribution in [3.05, 3.63) is 54.4 Å². The monoisotopic (exact) mass is 496 g/mol. The summed E-state index contributed by atoms with van der Waals surface area (Å²) in [6.07, 6.45) is 8.45. The molecule has 190 valence electrons. The number of allylic oxidation sites excluding steroid dienone is 2. The Balaban J connectivity index is 1.35. The van der Waals surface area contributed by atoms with E-state index in [0.717, 1.165) is 59.6 Å². The fourth-order valence-corrected chi connectivity index (χ4v) is 6.20. The van der Waals surface area contributed by atoms with Crippen molar-refractivity contribution >= 4 is 39.9 Å². The van der Waals surface area contributed by atoms with Gasteiger partial charge in [0, 0.05) is 42.4 Å². The Bertz CT molecular complexity index is 1460. The Labute approximate surface area is 216 Å². The lowest BCUT2D eigenvalue weighted by molar-refractivity contribution is -0.135. The van der Waals surface area contributed by atoms with E-state index in [0.29, 0.717) is 29.0 Å². The van der Waals surface area contributed by atoms with Gasteiger partial charge < -0.3 is 20.5 Å². The summed E-state index contributed by atoms with van der Waals surface area (Å²) in [5.41, 5.74) is 12.5. The van der Waals surface area contributed by atoms with Gasteiger partial charge in [-0.3, -0.25) is 9.59 Å². The molecule has 7 rings (SSSR count). The number of aryl methyl sites for hydroxylation is 1. The fraction of sp³-hybridized carbons (Fsp3) is 0.379. The lowest BCUT2D eigenvalue weighted by Crippen LogP contribution is -2.38. The van der Waals surface area contributed by atoms with E-state index >= 15 is 0 Å². The Morgan fingerprint density at radius 3 is 2.54 bits per heavy atom. The number of nitrogens with two attached hydrogens (primary N) is 1. The van der Waals surface area contributed by atoms with Gasteiger partial charge in [0.05, 0.1) is 11.1 Å². The molecular weight excluding hydrogens is 464 g/mol. The number of fused-ring (bicyclic) bond motifs is 2. The van der Waals surface area contributed by atoms with Gasteiger partial charge in [0.15, 0.2) is 0 Å². The number of carbonyl (C=O) groups excluding carboxylic acids is 2. The van der Waals surface area contributed by atoms with Crippen molar-refractivity contribution in [3.8, 4) is 11.3 Å². The molecule has 2 aliphatic carbocycles. The molecule has 4 heterocycles. The van der Waals surface area contributed by atoms with E-state index < -0.39 is 0 Å². The summed E-state index contributed by atoms with van der Waals surface area (Å²) in [6.45, 7) is 6.32. The van der Waals surface area contributed by atoms with Crippen LogP contribution in [-0.2, 0) is 16.6 Å². The molecule has 2 aliphatic heterocycles. The maximum absolute atomic E-state index is 13.2. The van der Waals surface area contributed by atoms with E-state index in [2.05, 4.69) is 37.4 Å². The molecule has 3 aromatic rings. The molecule has 0 spiro atoms. The van der Waals surface area contributed by atoms with Crippen molar-refractivity contribution in [2.45, 2.75) is 45.1 Å². The number of rotatable bonds is 5. The Morgan fingerprint density at radius 2 is 1.92 bits per heavy atom. The molecule has 8 nitrogen and oxygen atoms in total. The van der Waals surface area contributed by atoms with Crippen molar-refractivity contribution in [2.24, 2.45) is 18.9 Å². The van der Waals surface area contributed by atoms with Crippen LogP contribution >= 0.6 is 0 Å². The van der Waals surface area contributed by atoms with Crippen LogP contribution in [0, 0.1) is 11.8 Å². The highest BCUT2D eigenvalue weighted by molar-refractivity contribution is 6.05. The normalized spacial score (nSPS) is 22.5. The van der Waals surface area contributed by atoms with Crippen molar-refractivity contribution in [2.75, 3.05) is 17.6 Å². The Kier molecular flexibility index (Phi) is 5.62. The number of nitrogens with one attached hydrogen (secondary N) is 1. The van der Waals surface area contributed by atoms with Crippen LogP contribution in [0.1, 0.15) is 44.6 Å². The first kappa shape index (κ1) is 23.5. The number of nitrogen functional groups attached to an aromatic ring is 1. The average molecular weight is 497 g/mol. The minimum Gasteiger partial charge on any atom is -0.383 e. The Hall–Kier alpha value is -3.94. The second kappa shape index (κ2) is 8.87. The van der Waals surface area contributed by atoms with E-state index in [1.165, 1.54) is 24.7 Å². The van der Waals surface area contributed by atoms with Gasteiger partial charge in [-0.25, -0.2) is 9.97 Å². The third-order valence-corrected chi connectivity index (χ3v) is 8.27. The van der Waals surface area contributed by atoms with Crippen molar-refractivity contribution in [1.82, 2.24) is 19.4 Å². The maximum Gasteiger partial charge on any atom is 0.250 e. The summed E-state index contributed by atoms with van der Waals surface area (Å²) in [7, 11) is 1.99. The van der Waals surface area contributed by atoms with Crippen molar-refractivity contribution in [1.29, 1.82) is 0 Å². The van der Waals surface area contributed by atoms with Crippen LogP contribution in [0.3, 0.4) is 0 Å². The quantitative estimate of drug-likeness (QED) is 0.505. The van der Waals surface area contributed by atoms with E-state index in [9.17, 15) is 9.59 Å². The highest BCUT2D eigenvalue weighted by Gasteiger charge is 2.46. The van der Waals surface area contributed by atoms with Crippen LogP contribution in [0.2, 0.25) is 0 Å². The third-order valence-electron chi connectivity index (χ3n) is 8.27. The summed E-state index contributed by atoms with van der Waals surface area (Å²) >= 11 is 0. The second-order valence-electron chi connectivity index (χ2n) is 10.7. The molecule has 2 saturated heterocycles. The first-order valence-electron chi connectivity index (χ1n) is 13.0. The van der Waals surface area contributed by atoms with Gasteiger partial charge in [0.1, 0.15) is 17.8 Å². The molecule has 1 atom stereocenters. The van der Waals surface area contributed by atoms with Crippen LogP contribution in [0.5, 0.6) is 0 Å². The number of nitrogens with zero attached hydrogens (tertiary/aromatic N) is 4. The minimum atomic E-state index is -0.205. The van der Waals surface area contributed by atoms with Crippen LogP contribution in [0.25, 0.3) is 27.9 Å². The minimum absolute atomic E-state index is 0.0475. The van der Waals surface area contributed by atoms with Gasteiger partial charge >= 0.3 is 0 Å². The van der Waals surface area contributed by atoms with Crippen LogP contribution in [0.15, 0.2) is 48.8 Å². The van der Waals surface area contributed by atoms with Crippen LogP contribution in [-0.4, -0.2) is 43.8 Å². The standard InChI is InChI=1S/C29H32N6O2/c1-16(2)28(36)33-21-10-8-19(9-11-21)25-23(24-26(30)31-15-32-27(24)34(25)3)18-4-6-20(7-5-18)29(37)35-14-17-12-22(35)13-17/h4,8-11,15,17,20,22H,1,5-7,12-14H2,2-3H3,(H,33,36)(H2,30,31,32)/t17?,20-,22?/m1/s1. The zero-order valence-corrected chi connectivity index (χ0v) is 21.3. The molecule has 0 unspecified atom stereocenters. The summed E-state index contributed by atoms with van der Waals surface area (Å²) in [5.74, 6) is 1.34. The number of carbonyl (C=O) groups is 2. The molecule has 0 radical (unpaired) electrons. The van der Waals surface area contributed by atoms with E-state index in [4.69, 9.17) is 5.73 Å². The van der Waals surface area contributed by atoms with Gasteiger partial charge in [-0.15, -0.1) is 0 Å². The molecule has 3 N–H and O–H groups in total. The first-order valence-corrected chi connectivity index (χ1v) is 13.0. The molecular formula is C29H32N6O2. The number of hydrogen-bond donors (Lipinski definition) is 2. The largest absolute Gasteiger partial charge is 0.383 e. The van der Waals surface area contributed by atoms with Crippen LogP contribution in [0.4, 0.5) is 11.5 Å². The highest BCUT2D eigenvalue weighted by Crippen LogP contribution is 2.45. The van der Waals surface area contributed by atoms with E-state index in [1.807, 2.05) is 31.3 Å². The number of hydrogen-bond acceptors (Lipinski definition) is 5. The predicted octanol–water partition coefficient (Wildman–Crippen LogP) is 4.54. The maximum atomic E-state index is 13.2. The number of anilines is 2. The highest BCUT2D eigenvalue weighted by atomic mass is 16.2. The van der Waals surface area contributed by atoms with Crippen LogP contribution < -0.4 is 11.1 Å². The average Bonchev–Trinajstić information content (AvgIpc) is 3.57. The summed E-state index contributed by atoms with van der Waals surface area (Å²) in [4.78, 5) is 36.2. The zero-order valence-electron chi connectivity index (χ0n) is 21.3. The van der Waals surface area contributed by atoms with Gasteiger partial charge in [0.25, 0.3) is 5.91 Å². The van der Waals surface area contributed by atoms with Gasteiger partial charge in [-0.2, -0.15) is 0 Å². The molecule has 1 saturated carbocycles. The van der Waals surface area contributed by atoms with E-state index in [-0.39, 0.29) is 11.8 Å². The lowest BCUT2D eigenvalue weighted by Gasteiger charge is -2.30. The summed E-state index contributed by atoms with van der Waals surface area (Å²) in [5, 5.41) is 3.70. The topological polar surface area (TPSA) is 106 Å².